The first-order valence-corrected chi connectivity index (χ1v) is 5.91. The molecule has 0 radical (unpaired) electrons. The predicted octanol–water partition coefficient (Wildman–Crippen LogP) is 1.24. The molecule has 16 heavy (non-hydrogen) atoms. The van der Waals surface area contributed by atoms with Gasteiger partial charge in [-0.1, -0.05) is 0 Å². The fourth-order valence-electron chi connectivity index (χ4n) is 1.12. The topological polar surface area (TPSA) is 49.4 Å². The monoisotopic (exact) mass is 240 g/mol. The molecule has 0 saturated carbocycles. The van der Waals surface area contributed by atoms with Crippen LogP contribution in [0.2, 0.25) is 0 Å². The highest BCUT2D eigenvalue weighted by molar-refractivity contribution is 7.12. The third-order valence-corrected chi connectivity index (χ3v) is 3.00. The van der Waals surface area contributed by atoms with Gasteiger partial charge in [-0.25, -0.2) is 0 Å². The number of thiophene rings is 1. The Morgan fingerprint density at radius 3 is 2.62 bits per heavy atom. The summed E-state index contributed by atoms with van der Waals surface area (Å²) in [5.74, 6) is -0.122. The molecule has 1 aromatic rings. The minimum atomic E-state index is -0.112. The van der Waals surface area contributed by atoms with Crippen molar-refractivity contribution in [3.05, 3.63) is 21.9 Å². The maximum Gasteiger partial charge on any atom is 0.261 e. The second kappa shape index (κ2) is 5.77. The summed E-state index contributed by atoms with van der Waals surface area (Å²) in [6.07, 6.45) is 0. The summed E-state index contributed by atoms with van der Waals surface area (Å²) in [7, 11) is 3.90. The van der Waals surface area contributed by atoms with Crippen molar-refractivity contribution < 1.29 is 9.59 Å². The van der Waals surface area contributed by atoms with E-state index >= 15 is 0 Å². The molecule has 0 spiro atoms. The van der Waals surface area contributed by atoms with Crippen molar-refractivity contribution in [1.82, 2.24) is 10.2 Å². The van der Waals surface area contributed by atoms with Crippen LogP contribution >= 0.6 is 11.3 Å². The van der Waals surface area contributed by atoms with Gasteiger partial charge in [0, 0.05) is 24.0 Å². The number of nitrogens with one attached hydrogen (secondary N) is 1. The molecular formula is C11H16N2O2S. The number of likely N-dealkylation sites (N-methyl/N-ethyl adjacent to an activating group) is 1. The van der Waals surface area contributed by atoms with E-state index in [1.54, 1.807) is 11.4 Å². The summed E-state index contributed by atoms with van der Waals surface area (Å²) in [5, 5.41) is 4.51. The Kier molecular flexibility index (Phi) is 4.64. The van der Waals surface area contributed by atoms with Gasteiger partial charge in [-0.3, -0.25) is 9.59 Å². The van der Waals surface area contributed by atoms with Crippen LogP contribution < -0.4 is 5.32 Å². The van der Waals surface area contributed by atoms with Crippen LogP contribution in [0.4, 0.5) is 0 Å². The molecule has 1 N–H and O–H groups in total. The lowest BCUT2D eigenvalue weighted by atomic mass is 10.2. The predicted molar refractivity (Wildman–Crippen MR) is 65.2 cm³/mol. The third-order valence-electron chi connectivity index (χ3n) is 2.07. The van der Waals surface area contributed by atoms with E-state index in [0.29, 0.717) is 17.0 Å². The van der Waals surface area contributed by atoms with Gasteiger partial charge in [-0.2, -0.15) is 0 Å². The van der Waals surface area contributed by atoms with Crippen molar-refractivity contribution in [2.75, 3.05) is 27.2 Å². The van der Waals surface area contributed by atoms with E-state index in [1.165, 1.54) is 18.3 Å². The van der Waals surface area contributed by atoms with Crippen molar-refractivity contribution in [1.29, 1.82) is 0 Å². The molecule has 1 aromatic heterocycles. The van der Waals surface area contributed by atoms with Gasteiger partial charge < -0.3 is 10.2 Å². The molecule has 0 fully saturated rings. The molecule has 0 aliphatic carbocycles. The number of nitrogens with zero attached hydrogens (tertiary/aromatic N) is 1. The van der Waals surface area contributed by atoms with Crippen molar-refractivity contribution in [2.24, 2.45) is 0 Å². The number of carbonyl (C=O) groups is 2. The zero-order valence-electron chi connectivity index (χ0n) is 9.74. The second-order valence-corrected chi connectivity index (χ2v) is 4.73. The molecule has 1 amide bonds. The molecule has 1 rings (SSSR count). The SMILES string of the molecule is CC(=O)c1csc(C(=O)NCCN(C)C)c1. The highest BCUT2D eigenvalue weighted by Gasteiger charge is 2.10. The van der Waals surface area contributed by atoms with Gasteiger partial charge in [0.2, 0.25) is 0 Å². The molecule has 0 aliphatic heterocycles. The van der Waals surface area contributed by atoms with Crippen molar-refractivity contribution >= 4 is 23.0 Å². The van der Waals surface area contributed by atoms with Crippen LogP contribution in [-0.2, 0) is 0 Å². The number of hydrogen-bond acceptors (Lipinski definition) is 4. The summed E-state index contributed by atoms with van der Waals surface area (Å²) < 4.78 is 0. The Labute approximate surface area is 99.3 Å². The summed E-state index contributed by atoms with van der Waals surface area (Å²) in [6.45, 7) is 2.91. The van der Waals surface area contributed by atoms with Gasteiger partial charge in [0.15, 0.2) is 5.78 Å². The van der Waals surface area contributed by atoms with Crippen LogP contribution in [0.1, 0.15) is 27.0 Å². The van der Waals surface area contributed by atoms with Crippen LogP contribution in [0.15, 0.2) is 11.4 Å². The number of ketones is 1. The first-order chi connectivity index (χ1) is 7.50. The summed E-state index contributed by atoms with van der Waals surface area (Å²) in [6, 6.07) is 1.64. The van der Waals surface area contributed by atoms with E-state index in [0.717, 1.165) is 6.54 Å². The number of hydrogen-bond donors (Lipinski definition) is 1. The minimum Gasteiger partial charge on any atom is -0.350 e. The zero-order valence-corrected chi connectivity index (χ0v) is 10.6. The van der Waals surface area contributed by atoms with Gasteiger partial charge in [-0.15, -0.1) is 11.3 Å². The molecular weight excluding hydrogens is 224 g/mol. The highest BCUT2D eigenvalue weighted by atomic mass is 32.1. The Morgan fingerprint density at radius 2 is 2.12 bits per heavy atom. The highest BCUT2D eigenvalue weighted by Crippen LogP contribution is 2.14. The van der Waals surface area contributed by atoms with E-state index in [-0.39, 0.29) is 11.7 Å². The van der Waals surface area contributed by atoms with Crippen LogP contribution in [0.3, 0.4) is 0 Å². The summed E-state index contributed by atoms with van der Waals surface area (Å²) >= 11 is 1.30. The molecule has 0 unspecified atom stereocenters. The molecule has 4 nitrogen and oxygen atoms in total. The quantitative estimate of drug-likeness (QED) is 0.788. The number of Topliss-reactive ketones (excluding diaryl/α,β-unsaturated/α-hetero) is 1. The first-order valence-electron chi connectivity index (χ1n) is 5.03. The van der Waals surface area contributed by atoms with Gasteiger partial charge in [0.05, 0.1) is 4.88 Å². The molecule has 0 atom stereocenters. The van der Waals surface area contributed by atoms with Crippen molar-refractivity contribution in [2.45, 2.75) is 6.92 Å². The first kappa shape index (κ1) is 12.9. The Bertz CT molecular complexity index is 385. The Morgan fingerprint density at radius 1 is 1.44 bits per heavy atom. The third kappa shape index (κ3) is 3.75. The molecule has 1 heterocycles. The fourth-order valence-corrected chi connectivity index (χ4v) is 1.98. The molecule has 5 heteroatoms. The van der Waals surface area contributed by atoms with E-state index in [1.807, 2.05) is 19.0 Å². The molecule has 0 aliphatic rings. The largest absolute Gasteiger partial charge is 0.350 e. The molecule has 88 valence electrons. The van der Waals surface area contributed by atoms with Crippen LogP contribution in [0.25, 0.3) is 0 Å². The Hall–Kier alpha value is -1.20. The lowest BCUT2D eigenvalue weighted by Crippen LogP contribution is -2.30. The molecule has 0 bridgehead atoms. The van der Waals surface area contributed by atoms with Gasteiger partial charge >= 0.3 is 0 Å². The number of carbonyl (C=O) groups excluding carboxylic acids is 2. The van der Waals surface area contributed by atoms with Gasteiger partial charge in [-0.05, 0) is 27.1 Å². The van der Waals surface area contributed by atoms with Crippen LogP contribution in [0, 0.1) is 0 Å². The standard InChI is InChI=1S/C11H16N2O2S/c1-8(14)9-6-10(16-7-9)11(15)12-4-5-13(2)3/h6-7H,4-5H2,1-3H3,(H,12,15). The maximum atomic E-state index is 11.6. The van der Waals surface area contributed by atoms with E-state index in [9.17, 15) is 9.59 Å². The van der Waals surface area contributed by atoms with Crippen LogP contribution in [-0.4, -0.2) is 43.8 Å². The maximum absolute atomic E-state index is 11.6. The molecule has 0 aromatic carbocycles. The smallest absolute Gasteiger partial charge is 0.261 e. The average Bonchev–Trinajstić information content (AvgIpc) is 2.65. The lowest BCUT2D eigenvalue weighted by molar-refractivity contribution is 0.0955. The minimum absolute atomic E-state index is 0.0106. The Balaban J connectivity index is 2.50. The fraction of sp³-hybridized carbons (Fsp3) is 0.455. The number of rotatable bonds is 5. The van der Waals surface area contributed by atoms with Crippen LogP contribution in [0.5, 0.6) is 0 Å². The second-order valence-electron chi connectivity index (χ2n) is 3.81. The average molecular weight is 240 g/mol. The summed E-state index contributed by atoms with van der Waals surface area (Å²) in [5.41, 5.74) is 0.600. The molecule has 0 saturated heterocycles. The van der Waals surface area contributed by atoms with Crippen molar-refractivity contribution in [3.8, 4) is 0 Å². The normalized spacial score (nSPS) is 10.5. The van der Waals surface area contributed by atoms with E-state index in [2.05, 4.69) is 5.32 Å². The van der Waals surface area contributed by atoms with Gasteiger partial charge in [0.25, 0.3) is 5.91 Å². The summed E-state index contributed by atoms with van der Waals surface area (Å²) in [4.78, 5) is 25.3. The van der Waals surface area contributed by atoms with E-state index < -0.39 is 0 Å². The number of amides is 1. The zero-order chi connectivity index (χ0) is 12.1. The lowest BCUT2D eigenvalue weighted by Gasteiger charge is -2.09. The van der Waals surface area contributed by atoms with E-state index in [4.69, 9.17) is 0 Å². The van der Waals surface area contributed by atoms with Gasteiger partial charge in [0.1, 0.15) is 0 Å². The van der Waals surface area contributed by atoms with Crippen molar-refractivity contribution in [3.63, 3.8) is 0 Å².